The molecule has 16 heavy (non-hydrogen) atoms. The van der Waals surface area contributed by atoms with Gasteiger partial charge in [-0.3, -0.25) is 9.69 Å². The van der Waals surface area contributed by atoms with E-state index in [0.717, 1.165) is 11.3 Å². The third-order valence-corrected chi connectivity index (χ3v) is 2.11. The van der Waals surface area contributed by atoms with Crippen molar-refractivity contribution in [3.8, 4) is 0 Å². The number of likely N-dealkylation sites (N-methyl/N-ethyl adjacent to an activating group) is 1. The minimum absolute atomic E-state index is 0.0537. The Kier molecular flexibility index (Phi) is 4.95. The number of hydrogen-bond donors (Lipinski definition) is 2. The number of carbonyl (C=O) groups excluding carboxylic acids is 1. The van der Waals surface area contributed by atoms with E-state index in [1.54, 1.807) is 11.9 Å². The van der Waals surface area contributed by atoms with E-state index < -0.39 is 0 Å². The lowest BCUT2D eigenvalue weighted by Crippen LogP contribution is -2.32. The molecule has 4 nitrogen and oxygen atoms in total. The number of nitrogens with one attached hydrogen (secondary N) is 1. The first-order chi connectivity index (χ1) is 7.61. The van der Waals surface area contributed by atoms with Crippen molar-refractivity contribution in [3.63, 3.8) is 0 Å². The molecule has 0 aliphatic heterocycles. The van der Waals surface area contributed by atoms with E-state index in [4.69, 9.17) is 5.11 Å². The van der Waals surface area contributed by atoms with Crippen LogP contribution in [0.3, 0.4) is 0 Å². The second-order valence-electron chi connectivity index (χ2n) is 3.71. The number of aliphatic hydroxyl groups excluding tert-OH is 1. The Morgan fingerprint density at radius 1 is 1.56 bits per heavy atom. The molecule has 0 aliphatic carbocycles. The summed E-state index contributed by atoms with van der Waals surface area (Å²) >= 11 is 0. The summed E-state index contributed by atoms with van der Waals surface area (Å²) < 4.78 is 0. The molecule has 0 aromatic heterocycles. The molecule has 1 radical (unpaired) electrons. The average molecular weight is 221 g/mol. The molecule has 2 N–H and O–H groups in total. The van der Waals surface area contributed by atoms with Crippen molar-refractivity contribution in [1.82, 2.24) is 4.90 Å². The standard InChI is InChI=1S/C12H17N2O2/c1-10-4-3-5-11(8-10)13-12(16)9-14(2)6-7-15/h3-5,8,15H,1,6-7,9H2,2H3,(H,13,16). The number of benzene rings is 1. The molecular formula is C12H17N2O2. The van der Waals surface area contributed by atoms with E-state index in [2.05, 4.69) is 12.2 Å². The van der Waals surface area contributed by atoms with E-state index in [0.29, 0.717) is 6.54 Å². The zero-order valence-corrected chi connectivity index (χ0v) is 9.44. The van der Waals surface area contributed by atoms with E-state index in [-0.39, 0.29) is 19.1 Å². The Labute approximate surface area is 95.9 Å². The third kappa shape index (κ3) is 4.42. The molecule has 0 unspecified atom stereocenters. The topological polar surface area (TPSA) is 52.6 Å². The van der Waals surface area contributed by atoms with Gasteiger partial charge in [0.25, 0.3) is 0 Å². The van der Waals surface area contributed by atoms with Gasteiger partial charge in [-0.1, -0.05) is 12.1 Å². The molecule has 0 heterocycles. The second-order valence-corrected chi connectivity index (χ2v) is 3.71. The summed E-state index contributed by atoms with van der Waals surface area (Å²) in [5, 5.41) is 11.5. The number of hydrogen-bond acceptors (Lipinski definition) is 3. The minimum Gasteiger partial charge on any atom is -0.395 e. The van der Waals surface area contributed by atoms with Crippen LogP contribution in [0.15, 0.2) is 24.3 Å². The molecule has 1 aromatic rings. The highest BCUT2D eigenvalue weighted by molar-refractivity contribution is 5.92. The van der Waals surface area contributed by atoms with Gasteiger partial charge in [0.1, 0.15) is 0 Å². The van der Waals surface area contributed by atoms with Crippen molar-refractivity contribution in [1.29, 1.82) is 0 Å². The summed E-state index contributed by atoms with van der Waals surface area (Å²) in [5.41, 5.74) is 1.61. The van der Waals surface area contributed by atoms with Crippen molar-refractivity contribution in [2.45, 2.75) is 0 Å². The van der Waals surface area contributed by atoms with Gasteiger partial charge in [0.15, 0.2) is 0 Å². The first kappa shape index (κ1) is 12.7. The Hall–Kier alpha value is -1.39. The van der Waals surface area contributed by atoms with E-state index in [1.807, 2.05) is 24.3 Å². The summed E-state index contributed by atoms with van der Waals surface area (Å²) in [6, 6.07) is 7.34. The van der Waals surface area contributed by atoms with Crippen molar-refractivity contribution in [3.05, 3.63) is 36.8 Å². The summed E-state index contributed by atoms with van der Waals surface area (Å²) in [6.07, 6.45) is 0. The molecule has 0 fully saturated rings. The van der Waals surface area contributed by atoms with Gasteiger partial charge in [-0.05, 0) is 31.7 Å². The minimum atomic E-state index is -0.0958. The van der Waals surface area contributed by atoms with Crippen LogP contribution in [0.25, 0.3) is 0 Å². The van der Waals surface area contributed by atoms with E-state index >= 15 is 0 Å². The summed E-state index contributed by atoms with van der Waals surface area (Å²) in [7, 11) is 1.79. The Morgan fingerprint density at radius 3 is 2.94 bits per heavy atom. The van der Waals surface area contributed by atoms with Crippen molar-refractivity contribution in [2.24, 2.45) is 0 Å². The lowest BCUT2D eigenvalue weighted by atomic mass is 10.2. The number of rotatable bonds is 5. The average Bonchev–Trinajstić information content (AvgIpc) is 2.17. The number of amides is 1. The van der Waals surface area contributed by atoms with Crippen LogP contribution in [0, 0.1) is 6.92 Å². The van der Waals surface area contributed by atoms with Gasteiger partial charge in [0, 0.05) is 12.2 Å². The van der Waals surface area contributed by atoms with Crippen LogP contribution >= 0.6 is 0 Å². The summed E-state index contributed by atoms with van der Waals surface area (Å²) in [5.74, 6) is -0.0958. The quantitative estimate of drug-likeness (QED) is 0.770. The molecule has 0 atom stereocenters. The Bertz CT molecular complexity index is 353. The highest BCUT2D eigenvalue weighted by Gasteiger charge is 2.05. The first-order valence-corrected chi connectivity index (χ1v) is 5.13. The smallest absolute Gasteiger partial charge is 0.238 e. The monoisotopic (exact) mass is 221 g/mol. The number of carbonyl (C=O) groups is 1. The number of aliphatic hydroxyl groups is 1. The fourth-order valence-corrected chi connectivity index (χ4v) is 1.34. The lowest BCUT2D eigenvalue weighted by molar-refractivity contribution is -0.117. The zero-order valence-electron chi connectivity index (χ0n) is 9.44. The Balaban J connectivity index is 2.45. The van der Waals surface area contributed by atoms with Crippen LogP contribution in [0.5, 0.6) is 0 Å². The van der Waals surface area contributed by atoms with Gasteiger partial charge in [-0.2, -0.15) is 0 Å². The SMILES string of the molecule is [CH2]c1cccc(NC(=O)CN(C)CCO)c1. The van der Waals surface area contributed by atoms with Gasteiger partial charge in [0.2, 0.25) is 5.91 Å². The fourth-order valence-electron chi connectivity index (χ4n) is 1.34. The Morgan fingerprint density at radius 2 is 2.31 bits per heavy atom. The van der Waals surface area contributed by atoms with Crippen LogP contribution in [0.2, 0.25) is 0 Å². The predicted octanol–water partition coefficient (Wildman–Crippen LogP) is 0.731. The van der Waals surface area contributed by atoms with Crippen LogP contribution < -0.4 is 5.32 Å². The zero-order chi connectivity index (χ0) is 12.0. The lowest BCUT2D eigenvalue weighted by Gasteiger charge is -2.14. The molecule has 87 valence electrons. The molecule has 1 rings (SSSR count). The van der Waals surface area contributed by atoms with Crippen molar-refractivity contribution in [2.75, 3.05) is 32.1 Å². The molecule has 0 aliphatic rings. The molecule has 4 heteroatoms. The molecule has 1 amide bonds. The largest absolute Gasteiger partial charge is 0.395 e. The van der Waals surface area contributed by atoms with Crippen LogP contribution in [0.4, 0.5) is 5.69 Å². The molecule has 0 bridgehead atoms. The highest BCUT2D eigenvalue weighted by atomic mass is 16.3. The van der Waals surface area contributed by atoms with Gasteiger partial charge < -0.3 is 10.4 Å². The molecule has 0 saturated carbocycles. The van der Waals surface area contributed by atoms with Gasteiger partial charge in [-0.15, -0.1) is 0 Å². The molecule has 1 aromatic carbocycles. The van der Waals surface area contributed by atoms with Crippen molar-refractivity contribution < 1.29 is 9.90 Å². The molecule has 0 saturated heterocycles. The molecule has 0 spiro atoms. The van der Waals surface area contributed by atoms with Gasteiger partial charge in [0.05, 0.1) is 13.2 Å². The molecular weight excluding hydrogens is 204 g/mol. The number of nitrogens with zero attached hydrogens (tertiary/aromatic N) is 1. The van der Waals surface area contributed by atoms with Gasteiger partial charge >= 0.3 is 0 Å². The summed E-state index contributed by atoms with van der Waals surface area (Å²) in [4.78, 5) is 13.3. The van der Waals surface area contributed by atoms with Crippen LogP contribution in [0.1, 0.15) is 5.56 Å². The normalized spacial score (nSPS) is 10.5. The van der Waals surface area contributed by atoms with Gasteiger partial charge in [-0.25, -0.2) is 0 Å². The highest BCUT2D eigenvalue weighted by Crippen LogP contribution is 2.09. The van der Waals surface area contributed by atoms with Crippen molar-refractivity contribution >= 4 is 11.6 Å². The maximum Gasteiger partial charge on any atom is 0.238 e. The second kappa shape index (κ2) is 6.25. The van der Waals surface area contributed by atoms with Crippen LogP contribution in [-0.2, 0) is 4.79 Å². The van der Waals surface area contributed by atoms with Crippen LogP contribution in [-0.4, -0.2) is 42.7 Å². The number of anilines is 1. The maximum atomic E-state index is 11.6. The fraction of sp³-hybridized carbons (Fsp3) is 0.333. The predicted molar refractivity (Wildman–Crippen MR) is 64.1 cm³/mol. The third-order valence-electron chi connectivity index (χ3n) is 2.11. The van der Waals surface area contributed by atoms with E-state index in [1.165, 1.54) is 0 Å². The van der Waals surface area contributed by atoms with E-state index in [9.17, 15) is 4.79 Å². The first-order valence-electron chi connectivity index (χ1n) is 5.13. The summed E-state index contributed by atoms with van der Waals surface area (Å²) in [6.45, 7) is 4.59. The maximum absolute atomic E-state index is 11.6.